The molecule has 0 aromatic heterocycles. The summed E-state index contributed by atoms with van der Waals surface area (Å²) in [4.78, 5) is 11.7. The molecule has 0 fully saturated rings. The van der Waals surface area contributed by atoms with Gasteiger partial charge in [0.15, 0.2) is 5.78 Å². The first-order chi connectivity index (χ1) is 5.68. The molecule has 1 heteroatoms. The van der Waals surface area contributed by atoms with Crippen LogP contribution < -0.4 is 0 Å². The van der Waals surface area contributed by atoms with E-state index in [4.69, 9.17) is 0 Å². The number of allylic oxidation sites excluding steroid dienone is 4. The second-order valence-electron chi connectivity index (χ2n) is 3.96. The Morgan fingerprint density at radius 3 is 2.83 bits per heavy atom. The van der Waals surface area contributed by atoms with E-state index in [9.17, 15) is 4.79 Å². The summed E-state index contributed by atoms with van der Waals surface area (Å²) in [7, 11) is 0. The fourth-order valence-corrected chi connectivity index (χ4v) is 2.16. The lowest BCUT2D eigenvalue weighted by Gasteiger charge is -2.06. The van der Waals surface area contributed by atoms with E-state index in [1.54, 1.807) is 0 Å². The Hall–Kier alpha value is -0.850. The Labute approximate surface area is 73.2 Å². The van der Waals surface area contributed by atoms with Gasteiger partial charge in [-0.1, -0.05) is 17.7 Å². The largest absolute Gasteiger partial charge is 0.294 e. The smallest absolute Gasteiger partial charge is 0.165 e. The minimum Gasteiger partial charge on any atom is -0.294 e. The highest BCUT2D eigenvalue weighted by Gasteiger charge is 2.29. The molecule has 2 aliphatic carbocycles. The van der Waals surface area contributed by atoms with Crippen molar-refractivity contribution in [2.24, 2.45) is 11.8 Å². The van der Waals surface area contributed by atoms with E-state index in [1.165, 1.54) is 5.57 Å². The highest BCUT2D eigenvalue weighted by molar-refractivity contribution is 5.99. The first-order valence-electron chi connectivity index (χ1n) is 4.57. The van der Waals surface area contributed by atoms with Gasteiger partial charge in [0.05, 0.1) is 0 Å². The minimum atomic E-state index is 0.201. The third-order valence-electron chi connectivity index (χ3n) is 3.09. The van der Waals surface area contributed by atoms with Gasteiger partial charge in [-0.05, 0) is 38.2 Å². The van der Waals surface area contributed by atoms with Gasteiger partial charge in [-0.15, -0.1) is 0 Å². The fourth-order valence-electron chi connectivity index (χ4n) is 2.16. The number of hydrogen-bond acceptors (Lipinski definition) is 1. The molecule has 12 heavy (non-hydrogen) atoms. The van der Waals surface area contributed by atoms with Crippen LogP contribution in [-0.2, 0) is 4.79 Å². The normalized spacial score (nSPS) is 34.3. The number of carbonyl (C=O) groups is 1. The van der Waals surface area contributed by atoms with Crippen molar-refractivity contribution < 1.29 is 4.79 Å². The topological polar surface area (TPSA) is 17.1 Å². The lowest BCUT2D eigenvalue weighted by molar-refractivity contribution is -0.117. The molecule has 0 N–H and O–H groups in total. The van der Waals surface area contributed by atoms with Crippen LogP contribution in [0, 0.1) is 11.8 Å². The molecule has 0 amide bonds. The molecule has 1 nitrogen and oxygen atoms in total. The molecule has 0 aliphatic heterocycles. The van der Waals surface area contributed by atoms with E-state index < -0.39 is 0 Å². The van der Waals surface area contributed by atoms with Gasteiger partial charge in [0.1, 0.15) is 0 Å². The van der Waals surface area contributed by atoms with Crippen LogP contribution in [-0.4, -0.2) is 5.78 Å². The lowest BCUT2D eigenvalue weighted by atomic mass is 9.98. The Bertz CT molecular complexity index is 283. The predicted molar refractivity (Wildman–Crippen MR) is 48.7 cm³/mol. The molecule has 0 spiro atoms. The fraction of sp³-hybridized carbons (Fsp3) is 0.545. The monoisotopic (exact) mass is 162 g/mol. The average molecular weight is 162 g/mol. The molecule has 2 aliphatic rings. The Morgan fingerprint density at radius 2 is 2.08 bits per heavy atom. The molecular weight excluding hydrogens is 148 g/mol. The van der Waals surface area contributed by atoms with E-state index >= 15 is 0 Å². The zero-order chi connectivity index (χ0) is 8.72. The van der Waals surface area contributed by atoms with Crippen LogP contribution in [0.2, 0.25) is 0 Å². The Morgan fingerprint density at radius 1 is 1.33 bits per heavy atom. The maximum absolute atomic E-state index is 11.7. The van der Waals surface area contributed by atoms with Gasteiger partial charge in [0, 0.05) is 5.92 Å². The van der Waals surface area contributed by atoms with Crippen molar-refractivity contribution in [3.05, 3.63) is 23.3 Å². The van der Waals surface area contributed by atoms with Crippen molar-refractivity contribution >= 4 is 5.78 Å². The number of rotatable bonds is 0. The summed E-state index contributed by atoms with van der Waals surface area (Å²) >= 11 is 0. The maximum Gasteiger partial charge on any atom is 0.165 e. The summed E-state index contributed by atoms with van der Waals surface area (Å²) in [5.41, 5.74) is 2.30. The Kier molecular flexibility index (Phi) is 1.67. The van der Waals surface area contributed by atoms with E-state index in [1.807, 2.05) is 6.92 Å². The first-order valence-corrected chi connectivity index (χ1v) is 4.57. The van der Waals surface area contributed by atoms with E-state index in [0.29, 0.717) is 11.7 Å². The van der Waals surface area contributed by atoms with Gasteiger partial charge in [-0.25, -0.2) is 0 Å². The van der Waals surface area contributed by atoms with Crippen LogP contribution in [0.5, 0.6) is 0 Å². The van der Waals surface area contributed by atoms with Crippen molar-refractivity contribution in [3.8, 4) is 0 Å². The molecule has 2 atom stereocenters. The summed E-state index contributed by atoms with van der Waals surface area (Å²) in [5.74, 6) is 1.19. The summed E-state index contributed by atoms with van der Waals surface area (Å²) < 4.78 is 0. The number of carbonyl (C=O) groups excluding carboxylic acids is 1. The molecule has 64 valence electrons. The van der Waals surface area contributed by atoms with E-state index in [0.717, 1.165) is 18.4 Å². The zero-order valence-corrected chi connectivity index (χ0v) is 7.63. The summed E-state index contributed by atoms with van der Waals surface area (Å²) in [5, 5.41) is 0. The number of Topliss-reactive ketones (excluding diaryl/α,β-unsaturated/α-hetero) is 1. The van der Waals surface area contributed by atoms with Crippen molar-refractivity contribution in [1.29, 1.82) is 0 Å². The van der Waals surface area contributed by atoms with Gasteiger partial charge >= 0.3 is 0 Å². The van der Waals surface area contributed by atoms with E-state index in [2.05, 4.69) is 19.1 Å². The highest BCUT2D eigenvalue weighted by Crippen LogP contribution is 2.35. The van der Waals surface area contributed by atoms with E-state index in [-0.39, 0.29) is 5.92 Å². The molecule has 2 rings (SSSR count). The standard InChI is InChI=1S/C11H14O/c1-7-5-9-3-4-10(6-9)11(12)8(7)2/h3-4,9-10H,5-6H2,1-2H3. The lowest BCUT2D eigenvalue weighted by Crippen LogP contribution is -2.10. The molecule has 0 aromatic carbocycles. The molecule has 0 radical (unpaired) electrons. The van der Waals surface area contributed by atoms with Crippen molar-refractivity contribution in [2.75, 3.05) is 0 Å². The quantitative estimate of drug-likeness (QED) is 0.500. The molecule has 0 heterocycles. The van der Waals surface area contributed by atoms with Gasteiger partial charge in [-0.2, -0.15) is 0 Å². The summed E-state index contributed by atoms with van der Waals surface area (Å²) in [6.07, 6.45) is 6.43. The van der Waals surface area contributed by atoms with Gasteiger partial charge in [-0.3, -0.25) is 4.79 Å². The second-order valence-corrected chi connectivity index (χ2v) is 3.96. The van der Waals surface area contributed by atoms with Crippen molar-refractivity contribution in [1.82, 2.24) is 0 Å². The minimum absolute atomic E-state index is 0.201. The van der Waals surface area contributed by atoms with Crippen LogP contribution >= 0.6 is 0 Å². The predicted octanol–water partition coefficient (Wildman–Crippen LogP) is 2.49. The van der Waals surface area contributed by atoms with Crippen LogP contribution in [0.4, 0.5) is 0 Å². The van der Waals surface area contributed by atoms with Gasteiger partial charge in [0.25, 0.3) is 0 Å². The molecular formula is C11H14O. The van der Waals surface area contributed by atoms with Gasteiger partial charge < -0.3 is 0 Å². The van der Waals surface area contributed by atoms with Gasteiger partial charge in [0.2, 0.25) is 0 Å². The molecule has 2 bridgehead atoms. The third-order valence-corrected chi connectivity index (χ3v) is 3.09. The number of fused-ring (bicyclic) bond motifs is 2. The second kappa shape index (κ2) is 2.58. The SMILES string of the molecule is CC1=C(C)C(=O)C2C=CC(C1)C2. The van der Waals surface area contributed by atoms with Crippen molar-refractivity contribution in [3.63, 3.8) is 0 Å². The number of ketones is 1. The third kappa shape index (κ3) is 1.04. The molecule has 0 aromatic rings. The van der Waals surface area contributed by atoms with Crippen LogP contribution in [0.1, 0.15) is 26.7 Å². The van der Waals surface area contributed by atoms with Crippen LogP contribution in [0.3, 0.4) is 0 Å². The maximum atomic E-state index is 11.7. The van der Waals surface area contributed by atoms with Crippen molar-refractivity contribution in [2.45, 2.75) is 26.7 Å². The molecule has 0 saturated heterocycles. The first kappa shape index (κ1) is 7.78. The zero-order valence-electron chi connectivity index (χ0n) is 7.63. The highest BCUT2D eigenvalue weighted by atomic mass is 16.1. The Balaban J connectivity index is 2.38. The van der Waals surface area contributed by atoms with Crippen LogP contribution in [0.25, 0.3) is 0 Å². The summed E-state index contributed by atoms with van der Waals surface area (Å²) in [6.45, 7) is 4.05. The molecule has 2 unspecified atom stereocenters. The molecule has 0 saturated carbocycles. The van der Waals surface area contributed by atoms with Crippen LogP contribution in [0.15, 0.2) is 23.3 Å². The number of hydrogen-bond donors (Lipinski definition) is 0. The average Bonchev–Trinajstić information content (AvgIpc) is 2.46. The summed E-state index contributed by atoms with van der Waals surface area (Å²) in [6, 6.07) is 0.